The molecule has 1 atom stereocenters. The molecule has 0 aliphatic rings. The first-order chi connectivity index (χ1) is 9.24. The Morgan fingerprint density at radius 3 is 2.55 bits per heavy atom. The zero-order valence-electron chi connectivity index (χ0n) is 11.1. The number of amides is 1. The molecule has 1 unspecified atom stereocenters. The predicted octanol–water partition coefficient (Wildman–Crippen LogP) is 3.79. The minimum atomic E-state index is -4.42. The van der Waals surface area contributed by atoms with E-state index in [0.29, 0.717) is 11.0 Å². The van der Waals surface area contributed by atoms with Crippen LogP contribution in [-0.2, 0) is 11.0 Å². The Kier molecular flexibility index (Phi) is 5.86. The van der Waals surface area contributed by atoms with Gasteiger partial charge in [0.1, 0.15) is 6.04 Å². The molecule has 112 valence electrons. The summed E-state index contributed by atoms with van der Waals surface area (Å²) in [5.74, 6) is -0.250. The minimum Gasteiger partial charge on any atom is -0.374 e. The number of halogens is 4. The van der Waals surface area contributed by atoms with E-state index >= 15 is 0 Å². The zero-order chi connectivity index (χ0) is 15.3. The highest BCUT2D eigenvalue weighted by Crippen LogP contribution is 2.33. The third kappa shape index (κ3) is 5.03. The molecule has 2 N–H and O–H groups in total. The van der Waals surface area contributed by atoms with Crippen LogP contribution < -0.4 is 10.6 Å². The summed E-state index contributed by atoms with van der Waals surface area (Å²) >= 11 is 3.03. The number of hydrogen-bond donors (Lipinski definition) is 2. The number of rotatable bonds is 5. The first-order valence-electron chi connectivity index (χ1n) is 6.16. The lowest BCUT2D eigenvalue weighted by atomic mass is 10.2. The van der Waals surface area contributed by atoms with Gasteiger partial charge in [-0.3, -0.25) is 4.79 Å². The number of benzene rings is 1. The molecule has 0 heterocycles. The number of hydrogen-bond acceptors (Lipinski definition) is 2. The Bertz CT molecular complexity index is 477. The molecule has 0 spiro atoms. The molecule has 1 rings (SSSR count). The van der Waals surface area contributed by atoms with Crippen molar-refractivity contribution < 1.29 is 18.0 Å². The summed E-state index contributed by atoms with van der Waals surface area (Å²) in [7, 11) is 0. The van der Waals surface area contributed by atoms with Gasteiger partial charge in [-0.1, -0.05) is 22.9 Å². The Hall–Kier alpha value is -1.24. The third-order valence-electron chi connectivity index (χ3n) is 2.55. The van der Waals surface area contributed by atoms with Gasteiger partial charge in [-0.05, 0) is 31.5 Å². The van der Waals surface area contributed by atoms with Crippen molar-refractivity contribution >= 4 is 27.5 Å². The quantitative estimate of drug-likeness (QED) is 0.846. The van der Waals surface area contributed by atoms with E-state index in [1.165, 1.54) is 6.07 Å². The van der Waals surface area contributed by atoms with Crippen LogP contribution >= 0.6 is 15.9 Å². The van der Waals surface area contributed by atoms with Gasteiger partial charge >= 0.3 is 6.18 Å². The van der Waals surface area contributed by atoms with Crippen LogP contribution in [0.15, 0.2) is 22.7 Å². The standard InChI is InChI=1S/C13H16BrF3N2O/c1-3-4-18-12(20)8(2)19-11-6-9(13(15,16)17)5-10(14)7-11/h5-8,19H,3-4H2,1-2H3,(H,18,20). The van der Waals surface area contributed by atoms with Crippen LogP contribution in [-0.4, -0.2) is 18.5 Å². The fourth-order valence-electron chi connectivity index (χ4n) is 1.55. The van der Waals surface area contributed by atoms with Crippen LogP contribution in [0.25, 0.3) is 0 Å². The van der Waals surface area contributed by atoms with Crippen molar-refractivity contribution in [2.24, 2.45) is 0 Å². The smallest absolute Gasteiger partial charge is 0.374 e. The van der Waals surface area contributed by atoms with E-state index in [1.807, 2.05) is 6.92 Å². The Morgan fingerprint density at radius 1 is 1.35 bits per heavy atom. The van der Waals surface area contributed by atoms with Gasteiger partial charge in [-0.25, -0.2) is 0 Å². The lowest BCUT2D eigenvalue weighted by Crippen LogP contribution is -2.37. The third-order valence-corrected chi connectivity index (χ3v) is 3.01. The number of nitrogens with one attached hydrogen (secondary N) is 2. The first-order valence-corrected chi connectivity index (χ1v) is 6.95. The second-order valence-electron chi connectivity index (χ2n) is 4.38. The Balaban J connectivity index is 2.82. The van der Waals surface area contributed by atoms with Crippen molar-refractivity contribution in [1.29, 1.82) is 0 Å². The molecule has 0 fully saturated rings. The maximum absolute atomic E-state index is 12.7. The molecule has 1 amide bonds. The zero-order valence-corrected chi connectivity index (χ0v) is 12.7. The highest BCUT2D eigenvalue weighted by Gasteiger charge is 2.31. The summed E-state index contributed by atoms with van der Waals surface area (Å²) in [5.41, 5.74) is -0.526. The summed E-state index contributed by atoms with van der Waals surface area (Å²) in [6.45, 7) is 4.05. The molecule has 0 radical (unpaired) electrons. The Labute approximate surface area is 124 Å². The highest BCUT2D eigenvalue weighted by atomic mass is 79.9. The van der Waals surface area contributed by atoms with Crippen molar-refractivity contribution in [3.05, 3.63) is 28.2 Å². The lowest BCUT2D eigenvalue weighted by molar-refractivity contribution is -0.137. The highest BCUT2D eigenvalue weighted by molar-refractivity contribution is 9.10. The SMILES string of the molecule is CCCNC(=O)C(C)Nc1cc(Br)cc(C(F)(F)F)c1. The van der Waals surface area contributed by atoms with Crippen molar-refractivity contribution in [2.45, 2.75) is 32.5 Å². The van der Waals surface area contributed by atoms with Gasteiger partial charge in [-0.15, -0.1) is 0 Å². The monoisotopic (exact) mass is 352 g/mol. The molecule has 0 aliphatic carbocycles. The number of alkyl halides is 3. The fraction of sp³-hybridized carbons (Fsp3) is 0.462. The molecule has 0 saturated heterocycles. The molecule has 0 saturated carbocycles. The molecular weight excluding hydrogens is 337 g/mol. The van der Waals surface area contributed by atoms with Crippen molar-refractivity contribution in [3.8, 4) is 0 Å². The predicted molar refractivity (Wildman–Crippen MR) is 75.5 cm³/mol. The van der Waals surface area contributed by atoms with E-state index in [1.54, 1.807) is 6.92 Å². The van der Waals surface area contributed by atoms with Crippen LogP contribution in [0.5, 0.6) is 0 Å². The normalized spacial score (nSPS) is 12.9. The van der Waals surface area contributed by atoms with Gasteiger partial charge in [0.05, 0.1) is 5.56 Å². The molecule has 1 aromatic rings. The van der Waals surface area contributed by atoms with E-state index in [2.05, 4.69) is 26.6 Å². The van der Waals surface area contributed by atoms with E-state index in [0.717, 1.165) is 18.6 Å². The number of anilines is 1. The maximum Gasteiger partial charge on any atom is 0.416 e. The molecule has 0 bridgehead atoms. The molecule has 20 heavy (non-hydrogen) atoms. The number of carbonyl (C=O) groups excluding carboxylic acids is 1. The summed E-state index contributed by atoms with van der Waals surface area (Å²) in [6.07, 6.45) is -3.62. The molecule has 0 aliphatic heterocycles. The van der Waals surface area contributed by atoms with Crippen molar-refractivity contribution in [2.75, 3.05) is 11.9 Å². The summed E-state index contributed by atoms with van der Waals surface area (Å²) in [6, 6.07) is 2.86. The van der Waals surface area contributed by atoms with Crippen molar-refractivity contribution in [3.63, 3.8) is 0 Å². The largest absolute Gasteiger partial charge is 0.416 e. The van der Waals surface area contributed by atoms with Crippen LogP contribution in [0.4, 0.5) is 18.9 Å². The van der Waals surface area contributed by atoms with Gasteiger partial charge in [-0.2, -0.15) is 13.2 Å². The molecule has 1 aromatic carbocycles. The van der Waals surface area contributed by atoms with Crippen LogP contribution in [0.3, 0.4) is 0 Å². The molecule has 3 nitrogen and oxygen atoms in total. The van der Waals surface area contributed by atoms with Crippen LogP contribution in [0.1, 0.15) is 25.8 Å². The van der Waals surface area contributed by atoms with E-state index < -0.39 is 17.8 Å². The van der Waals surface area contributed by atoms with E-state index in [4.69, 9.17) is 0 Å². The summed E-state index contributed by atoms with van der Waals surface area (Å²) in [5, 5.41) is 5.44. The topological polar surface area (TPSA) is 41.1 Å². The Morgan fingerprint density at radius 2 is 2.00 bits per heavy atom. The fourth-order valence-corrected chi connectivity index (χ4v) is 2.05. The van der Waals surface area contributed by atoms with E-state index in [9.17, 15) is 18.0 Å². The first kappa shape index (κ1) is 16.8. The molecule has 0 aromatic heterocycles. The maximum atomic E-state index is 12.7. The number of carbonyl (C=O) groups is 1. The average Bonchev–Trinajstić information content (AvgIpc) is 2.34. The summed E-state index contributed by atoms with van der Waals surface area (Å²) in [4.78, 5) is 11.7. The van der Waals surface area contributed by atoms with Gasteiger partial charge in [0.15, 0.2) is 0 Å². The van der Waals surface area contributed by atoms with Crippen LogP contribution in [0, 0.1) is 0 Å². The second-order valence-corrected chi connectivity index (χ2v) is 5.30. The van der Waals surface area contributed by atoms with Gasteiger partial charge in [0, 0.05) is 16.7 Å². The summed E-state index contributed by atoms with van der Waals surface area (Å²) < 4.78 is 38.3. The lowest BCUT2D eigenvalue weighted by Gasteiger charge is -2.17. The van der Waals surface area contributed by atoms with Gasteiger partial charge < -0.3 is 10.6 Å². The second kappa shape index (κ2) is 6.97. The average molecular weight is 353 g/mol. The van der Waals surface area contributed by atoms with Gasteiger partial charge in [0.25, 0.3) is 0 Å². The van der Waals surface area contributed by atoms with Gasteiger partial charge in [0.2, 0.25) is 5.91 Å². The van der Waals surface area contributed by atoms with E-state index in [-0.39, 0.29) is 11.6 Å². The van der Waals surface area contributed by atoms with Crippen molar-refractivity contribution in [1.82, 2.24) is 5.32 Å². The molecular formula is C13H16BrF3N2O. The molecule has 7 heteroatoms. The minimum absolute atomic E-state index is 0.242. The van der Waals surface area contributed by atoms with Crippen LogP contribution in [0.2, 0.25) is 0 Å².